The van der Waals surface area contributed by atoms with Crippen LogP contribution in [0.25, 0.3) is 0 Å². The van der Waals surface area contributed by atoms with Crippen LogP contribution in [-0.2, 0) is 0 Å². The fraction of sp³-hybridized carbons (Fsp3) is 0.636. The highest BCUT2D eigenvalue weighted by molar-refractivity contribution is 5.26. The molecule has 0 N–H and O–H groups in total. The van der Waals surface area contributed by atoms with E-state index in [4.69, 9.17) is 0 Å². The minimum absolute atomic E-state index is 0.544. The van der Waals surface area contributed by atoms with Crippen LogP contribution in [0.5, 0.6) is 0 Å². The molecule has 0 aliphatic heterocycles. The average Bonchev–Trinajstić information content (AvgIpc) is 2.53. The molecule has 4 atom stereocenters. The summed E-state index contributed by atoms with van der Waals surface area (Å²) >= 11 is 0. The van der Waals surface area contributed by atoms with Gasteiger partial charge in [0, 0.05) is 0 Å². The maximum atomic E-state index is 2.45. The molecule has 3 aliphatic carbocycles. The first-order chi connectivity index (χ1) is 5.30. The predicted octanol–water partition coefficient (Wildman–Crippen LogP) is 2.77. The highest BCUT2D eigenvalue weighted by Crippen LogP contribution is 2.59. The highest BCUT2D eigenvalue weighted by atomic mass is 14.6. The van der Waals surface area contributed by atoms with E-state index in [1.807, 2.05) is 0 Å². The van der Waals surface area contributed by atoms with Crippen molar-refractivity contribution in [2.75, 3.05) is 0 Å². The zero-order valence-electron chi connectivity index (χ0n) is 6.96. The molecule has 3 aliphatic rings. The first kappa shape index (κ1) is 6.05. The van der Waals surface area contributed by atoms with Crippen LogP contribution in [0.3, 0.4) is 0 Å². The largest absolute Gasteiger partial charge is 0.0879 e. The Morgan fingerprint density at radius 2 is 2.27 bits per heavy atom. The SMILES string of the molecule is C[C@@]12C=C[C@@H](C1)[C@@H]1CC=C[C@@H]12. The molecular weight excluding hydrogens is 132 g/mol. The van der Waals surface area contributed by atoms with Gasteiger partial charge in [0.15, 0.2) is 0 Å². The van der Waals surface area contributed by atoms with Gasteiger partial charge in [-0.1, -0.05) is 31.2 Å². The monoisotopic (exact) mass is 146 g/mol. The number of rotatable bonds is 0. The van der Waals surface area contributed by atoms with E-state index in [0.29, 0.717) is 5.41 Å². The van der Waals surface area contributed by atoms with Crippen molar-refractivity contribution in [2.24, 2.45) is 23.2 Å². The molecule has 0 unspecified atom stereocenters. The van der Waals surface area contributed by atoms with Crippen LogP contribution in [-0.4, -0.2) is 0 Å². The Morgan fingerprint density at radius 1 is 1.36 bits per heavy atom. The summed E-state index contributed by atoms with van der Waals surface area (Å²) in [6.45, 7) is 2.42. The summed E-state index contributed by atoms with van der Waals surface area (Å²) < 4.78 is 0. The van der Waals surface area contributed by atoms with Crippen LogP contribution < -0.4 is 0 Å². The molecule has 2 bridgehead atoms. The van der Waals surface area contributed by atoms with Gasteiger partial charge < -0.3 is 0 Å². The van der Waals surface area contributed by atoms with Crippen molar-refractivity contribution in [1.82, 2.24) is 0 Å². The summed E-state index contributed by atoms with van der Waals surface area (Å²) in [4.78, 5) is 0. The summed E-state index contributed by atoms with van der Waals surface area (Å²) in [7, 11) is 0. The summed E-state index contributed by atoms with van der Waals surface area (Å²) in [6, 6.07) is 0. The van der Waals surface area contributed by atoms with Gasteiger partial charge in [-0.15, -0.1) is 0 Å². The van der Waals surface area contributed by atoms with Gasteiger partial charge in [0.05, 0.1) is 0 Å². The average molecular weight is 146 g/mol. The van der Waals surface area contributed by atoms with Gasteiger partial charge in [-0.3, -0.25) is 0 Å². The van der Waals surface area contributed by atoms with Crippen molar-refractivity contribution >= 4 is 0 Å². The molecule has 0 spiro atoms. The fourth-order valence-electron chi connectivity index (χ4n) is 3.35. The van der Waals surface area contributed by atoms with Crippen molar-refractivity contribution in [1.29, 1.82) is 0 Å². The molecule has 3 rings (SSSR count). The molecule has 58 valence electrons. The van der Waals surface area contributed by atoms with Crippen LogP contribution >= 0.6 is 0 Å². The normalized spacial score (nSPS) is 57.4. The Labute approximate surface area is 68.0 Å². The van der Waals surface area contributed by atoms with Crippen LogP contribution in [0.15, 0.2) is 24.3 Å². The van der Waals surface area contributed by atoms with Gasteiger partial charge in [0.1, 0.15) is 0 Å². The molecule has 0 radical (unpaired) electrons. The topological polar surface area (TPSA) is 0 Å². The van der Waals surface area contributed by atoms with Crippen molar-refractivity contribution < 1.29 is 0 Å². The first-order valence-corrected chi connectivity index (χ1v) is 4.66. The van der Waals surface area contributed by atoms with Gasteiger partial charge in [0.2, 0.25) is 0 Å². The minimum Gasteiger partial charge on any atom is -0.0879 e. The van der Waals surface area contributed by atoms with Crippen LogP contribution in [0, 0.1) is 23.2 Å². The number of fused-ring (bicyclic) bond motifs is 5. The van der Waals surface area contributed by atoms with Crippen LogP contribution in [0.1, 0.15) is 19.8 Å². The van der Waals surface area contributed by atoms with E-state index in [-0.39, 0.29) is 0 Å². The van der Waals surface area contributed by atoms with Crippen molar-refractivity contribution in [3.05, 3.63) is 24.3 Å². The fourth-order valence-corrected chi connectivity index (χ4v) is 3.35. The third kappa shape index (κ3) is 0.571. The van der Waals surface area contributed by atoms with Gasteiger partial charge in [-0.05, 0) is 36.0 Å². The zero-order chi connectivity index (χ0) is 7.47. The van der Waals surface area contributed by atoms with Gasteiger partial charge in [-0.2, -0.15) is 0 Å². The van der Waals surface area contributed by atoms with Crippen LogP contribution in [0.2, 0.25) is 0 Å². The molecule has 1 saturated carbocycles. The molecule has 0 amide bonds. The van der Waals surface area contributed by atoms with Crippen molar-refractivity contribution in [3.8, 4) is 0 Å². The molecule has 0 heterocycles. The number of hydrogen-bond donors (Lipinski definition) is 0. The molecule has 0 saturated heterocycles. The van der Waals surface area contributed by atoms with Crippen molar-refractivity contribution in [2.45, 2.75) is 19.8 Å². The molecular formula is C11H14. The highest BCUT2D eigenvalue weighted by Gasteiger charge is 2.51. The second-order valence-electron chi connectivity index (χ2n) is 4.59. The Morgan fingerprint density at radius 3 is 3.09 bits per heavy atom. The number of hydrogen-bond acceptors (Lipinski definition) is 0. The Kier molecular flexibility index (Phi) is 0.894. The maximum absolute atomic E-state index is 2.45. The van der Waals surface area contributed by atoms with Crippen LogP contribution in [0.4, 0.5) is 0 Å². The summed E-state index contributed by atoms with van der Waals surface area (Å²) in [5.74, 6) is 2.78. The van der Waals surface area contributed by atoms with E-state index < -0.39 is 0 Å². The summed E-state index contributed by atoms with van der Waals surface area (Å²) in [6.07, 6.45) is 12.5. The lowest BCUT2D eigenvalue weighted by atomic mass is 9.77. The maximum Gasteiger partial charge on any atom is -0.00750 e. The lowest BCUT2D eigenvalue weighted by Crippen LogP contribution is -2.20. The van der Waals surface area contributed by atoms with Gasteiger partial charge in [-0.25, -0.2) is 0 Å². The minimum atomic E-state index is 0.544. The molecule has 11 heavy (non-hydrogen) atoms. The number of allylic oxidation sites excluding steroid dienone is 4. The van der Waals surface area contributed by atoms with Crippen molar-refractivity contribution in [3.63, 3.8) is 0 Å². The van der Waals surface area contributed by atoms with E-state index in [0.717, 1.165) is 17.8 Å². The Hall–Kier alpha value is -0.520. The zero-order valence-corrected chi connectivity index (χ0v) is 6.96. The van der Waals surface area contributed by atoms with E-state index >= 15 is 0 Å². The van der Waals surface area contributed by atoms with E-state index in [1.165, 1.54) is 12.8 Å². The third-order valence-corrected chi connectivity index (χ3v) is 3.92. The van der Waals surface area contributed by atoms with Gasteiger partial charge >= 0.3 is 0 Å². The van der Waals surface area contributed by atoms with E-state index in [2.05, 4.69) is 31.2 Å². The molecule has 0 aromatic heterocycles. The quantitative estimate of drug-likeness (QED) is 0.461. The smallest absolute Gasteiger partial charge is 0.00750 e. The Balaban J connectivity index is 2.09. The Bertz CT molecular complexity index is 249. The molecule has 0 aromatic rings. The first-order valence-electron chi connectivity index (χ1n) is 4.66. The van der Waals surface area contributed by atoms with E-state index in [9.17, 15) is 0 Å². The summed E-state index contributed by atoms with van der Waals surface area (Å²) in [5, 5.41) is 0. The standard InChI is InChI=1S/C11H14/c1-11-6-5-8(7-11)9-3-2-4-10(9)11/h2,4-6,8-10H,3,7H2,1H3/t8-,9-,10-,11+/m0/s1. The van der Waals surface area contributed by atoms with Gasteiger partial charge in [0.25, 0.3) is 0 Å². The van der Waals surface area contributed by atoms with E-state index in [1.54, 1.807) is 0 Å². The molecule has 1 fully saturated rings. The molecule has 0 aromatic carbocycles. The second kappa shape index (κ2) is 1.63. The lowest BCUT2D eigenvalue weighted by Gasteiger charge is -2.27. The lowest BCUT2D eigenvalue weighted by molar-refractivity contribution is 0.318. The molecule has 0 heteroatoms. The predicted molar refractivity (Wildman–Crippen MR) is 46.1 cm³/mol. The third-order valence-electron chi connectivity index (χ3n) is 3.92. The summed E-state index contributed by atoms with van der Waals surface area (Å²) in [5.41, 5.74) is 0.544. The second-order valence-corrected chi connectivity index (χ2v) is 4.59. The molecule has 0 nitrogen and oxygen atoms in total.